The zero-order chi connectivity index (χ0) is 21.7. The molecule has 1 heterocycles. The lowest BCUT2D eigenvalue weighted by atomic mass is 10.1. The van der Waals surface area contributed by atoms with Gasteiger partial charge in [0, 0.05) is 13.5 Å². The summed E-state index contributed by atoms with van der Waals surface area (Å²) in [6, 6.07) is 0. The van der Waals surface area contributed by atoms with Crippen LogP contribution in [0.15, 0.2) is 12.4 Å². The highest BCUT2D eigenvalue weighted by Crippen LogP contribution is 2.12. The van der Waals surface area contributed by atoms with Crippen molar-refractivity contribution in [1.82, 2.24) is 4.90 Å². The van der Waals surface area contributed by atoms with E-state index in [2.05, 4.69) is 38.1 Å². The van der Waals surface area contributed by atoms with Crippen molar-refractivity contribution in [2.24, 2.45) is 0 Å². The third kappa shape index (κ3) is 14.5. The van der Waals surface area contributed by atoms with Crippen LogP contribution in [0.2, 0.25) is 0 Å². The van der Waals surface area contributed by atoms with Crippen LogP contribution in [0, 0.1) is 0 Å². The number of nitrogens with one attached hydrogen (secondary N) is 1. The molecule has 0 aromatic rings. The molecule has 1 N–H and O–H groups in total. The summed E-state index contributed by atoms with van der Waals surface area (Å²) in [4.78, 5) is 4.28. The molecule has 0 aromatic carbocycles. The van der Waals surface area contributed by atoms with E-state index in [0.29, 0.717) is 6.17 Å². The van der Waals surface area contributed by atoms with E-state index in [1.54, 1.807) is 4.90 Å². The molecule has 0 spiro atoms. The molecule has 0 saturated heterocycles. The fourth-order valence-electron chi connectivity index (χ4n) is 4.83. The van der Waals surface area contributed by atoms with Gasteiger partial charge >= 0.3 is 0 Å². The lowest BCUT2D eigenvalue weighted by Crippen LogP contribution is -3.11. The summed E-state index contributed by atoms with van der Waals surface area (Å²) in [5.41, 5.74) is 0. The predicted molar refractivity (Wildman–Crippen MR) is 135 cm³/mol. The average Bonchev–Trinajstić information content (AvgIpc) is 3.10. The zero-order valence-electron chi connectivity index (χ0n) is 21.2. The van der Waals surface area contributed by atoms with Crippen molar-refractivity contribution in [3.05, 3.63) is 12.4 Å². The number of hydrogen-bond donors (Lipinski definition) is 1. The molecule has 2 unspecified atom stereocenters. The summed E-state index contributed by atoms with van der Waals surface area (Å²) in [5.74, 6) is 0. The summed E-state index contributed by atoms with van der Waals surface area (Å²) in [6.07, 6.45) is 34.1. The molecule has 1 aliphatic heterocycles. The van der Waals surface area contributed by atoms with Crippen molar-refractivity contribution in [3.8, 4) is 0 Å². The Balaban J connectivity index is 1.89. The van der Waals surface area contributed by atoms with Gasteiger partial charge in [-0.3, -0.25) is 4.90 Å². The van der Waals surface area contributed by atoms with Crippen molar-refractivity contribution in [2.75, 3.05) is 13.1 Å². The lowest BCUT2D eigenvalue weighted by Gasteiger charge is -2.25. The molecule has 178 valence electrons. The third-order valence-electron chi connectivity index (χ3n) is 7.10. The molecule has 0 radical (unpaired) electrons. The largest absolute Gasteiger partial charge is 0.324 e. The van der Waals surface area contributed by atoms with E-state index in [4.69, 9.17) is 0 Å². The molecule has 1 rings (SSSR count). The van der Waals surface area contributed by atoms with E-state index in [-0.39, 0.29) is 0 Å². The molecule has 0 bridgehead atoms. The fourth-order valence-corrected chi connectivity index (χ4v) is 4.83. The molecular weight excluding hydrogens is 364 g/mol. The maximum absolute atomic E-state index is 2.59. The van der Waals surface area contributed by atoms with Crippen LogP contribution < -0.4 is 4.90 Å². The van der Waals surface area contributed by atoms with Crippen LogP contribution in [0.5, 0.6) is 0 Å². The number of nitrogens with zero attached hydrogens (tertiary/aromatic N) is 1. The van der Waals surface area contributed by atoms with Gasteiger partial charge in [0.25, 0.3) is 0 Å². The molecule has 30 heavy (non-hydrogen) atoms. The van der Waals surface area contributed by atoms with Gasteiger partial charge in [0.05, 0.1) is 12.7 Å². The first-order chi connectivity index (χ1) is 14.8. The van der Waals surface area contributed by atoms with Gasteiger partial charge < -0.3 is 4.90 Å². The molecule has 2 atom stereocenters. The van der Waals surface area contributed by atoms with Crippen molar-refractivity contribution in [2.45, 2.75) is 155 Å². The van der Waals surface area contributed by atoms with Crippen molar-refractivity contribution < 1.29 is 4.90 Å². The quantitative estimate of drug-likeness (QED) is 0.175. The van der Waals surface area contributed by atoms with Crippen molar-refractivity contribution in [1.29, 1.82) is 0 Å². The summed E-state index contributed by atoms with van der Waals surface area (Å²) >= 11 is 0. The van der Waals surface area contributed by atoms with Gasteiger partial charge in [-0.2, -0.15) is 0 Å². The maximum atomic E-state index is 2.59. The molecule has 0 aliphatic carbocycles. The second kappa shape index (κ2) is 20.4. The highest BCUT2D eigenvalue weighted by Gasteiger charge is 2.25. The minimum absolute atomic E-state index is 0.655. The predicted octanol–water partition coefficient (Wildman–Crippen LogP) is 7.85. The Morgan fingerprint density at radius 1 is 0.567 bits per heavy atom. The van der Waals surface area contributed by atoms with Crippen LogP contribution >= 0.6 is 0 Å². The Kier molecular flexibility index (Phi) is 18.7. The highest BCUT2D eigenvalue weighted by molar-refractivity contribution is 4.82. The van der Waals surface area contributed by atoms with Crippen LogP contribution in [-0.2, 0) is 0 Å². The van der Waals surface area contributed by atoms with Gasteiger partial charge in [-0.15, -0.1) is 0 Å². The Morgan fingerprint density at radius 2 is 0.967 bits per heavy atom. The summed E-state index contributed by atoms with van der Waals surface area (Å²) in [5, 5.41) is 0. The first-order valence-electron chi connectivity index (χ1n) is 14.1. The lowest BCUT2D eigenvalue weighted by molar-refractivity contribution is -0.875. The van der Waals surface area contributed by atoms with Gasteiger partial charge in [-0.1, -0.05) is 123 Å². The standard InChI is InChI=1S/C28H56N2/c1-4-6-8-10-12-14-16-18-20-22-24-29-26-27-30(28(29)3)25-23-21-19-17-15-13-11-9-7-5-2/h26-28H,4-25H2,1-3H3/p+1. The highest BCUT2D eigenvalue weighted by atomic mass is 15.4. The van der Waals surface area contributed by atoms with Crippen LogP contribution in [0.25, 0.3) is 0 Å². The minimum atomic E-state index is 0.655. The SMILES string of the molecule is CCCCCCCCCCCCN1C=C[NH+](CCCCCCCCCCCC)C1C. The summed E-state index contributed by atoms with van der Waals surface area (Å²) < 4.78 is 0. The molecule has 0 fully saturated rings. The number of quaternary nitrogens is 1. The normalized spacial score (nSPS) is 18.6. The Bertz CT molecular complexity index is 345. The van der Waals surface area contributed by atoms with E-state index in [1.807, 2.05) is 0 Å². The molecular formula is C28H57N2+. The summed E-state index contributed by atoms with van der Waals surface area (Å²) in [6.45, 7) is 9.60. The molecule has 2 heteroatoms. The monoisotopic (exact) mass is 421 g/mol. The van der Waals surface area contributed by atoms with Gasteiger partial charge in [-0.05, 0) is 19.3 Å². The van der Waals surface area contributed by atoms with Crippen molar-refractivity contribution >= 4 is 0 Å². The third-order valence-corrected chi connectivity index (χ3v) is 7.10. The van der Waals surface area contributed by atoms with Gasteiger partial charge in [-0.25, -0.2) is 0 Å². The second-order valence-electron chi connectivity index (χ2n) is 9.92. The van der Waals surface area contributed by atoms with E-state index in [1.165, 1.54) is 142 Å². The van der Waals surface area contributed by atoms with E-state index in [0.717, 1.165) is 0 Å². The van der Waals surface area contributed by atoms with E-state index < -0.39 is 0 Å². The van der Waals surface area contributed by atoms with Gasteiger partial charge in [0.2, 0.25) is 0 Å². The number of unbranched alkanes of at least 4 members (excludes halogenated alkanes) is 18. The topological polar surface area (TPSA) is 7.68 Å². The number of rotatable bonds is 22. The number of hydrogen-bond acceptors (Lipinski definition) is 1. The molecule has 0 saturated carbocycles. The smallest absolute Gasteiger partial charge is 0.164 e. The Labute approximate surface area is 190 Å². The van der Waals surface area contributed by atoms with Crippen LogP contribution in [0.4, 0.5) is 0 Å². The van der Waals surface area contributed by atoms with Crippen LogP contribution in [-0.4, -0.2) is 24.2 Å². The van der Waals surface area contributed by atoms with Crippen molar-refractivity contribution in [3.63, 3.8) is 0 Å². The Hall–Kier alpha value is -0.500. The molecule has 0 aromatic heterocycles. The second-order valence-corrected chi connectivity index (χ2v) is 9.92. The van der Waals surface area contributed by atoms with Crippen LogP contribution in [0.1, 0.15) is 149 Å². The molecule has 0 amide bonds. The fraction of sp³-hybridized carbons (Fsp3) is 0.929. The van der Waals surface area contributed by atoms with Crippen LogP contribution in [0.3, 0.4) is 0 Å². The van der Waals surface area contributed by atoms with Gasteiger partial charge in [0.1, 0.15) is 6.20 Å². The minimum Gasteiger partial charge on any atom is -0.324 e. The zero-order valence-corrected chi connectivity index (χ0v) is 21.2. The maximum Gasteiger partial charge on any atom is 0.164 e. The molecule has 2 nitrogen and oxygen atoms in total. The molecule has 1 aliphatic rings. The first-order valence-corrected chi connectivity index (χ1v) is 14.1. The summed E-state index contributed by atoms with van der Waals surface area (Å²) in [7, 11) is 0. The first kappa shape index (κ1) is 27.5. The van der Waals surface area contributed by atoms with E-state index >= 15 is 0 Å². The average molecular weight is 422 g/mol. The van der Waals surface area contributed by atoms with E-state index in [9.17, 15) is 0 Å². The van der Waals surface area contributed by atoms with Gasteiger partial charge in [0.15, 0.2) is 6.17 Å². The Morgan fingerprint density at radius 3 is 1.43 bits per heavy atom.